The number of hydrogen-bond acceptors (Lipinski definition) is 7. The van der Waals surface area contributed by atoms with E-state index in [1.807, 2.05) is 6.07 Å². The van der Waals surface area contributed by atoms with Crippen LogP contribution in [0, 0.1) is 0 Å². The molecule has 1 N–H and O–H groups in total. The maximum absolute atomic E-state index is 12.3. The number of alkyl halides is 3. The van der Waals surface area contributed by atoms with E-state index < -0.39 is 30.6 Å². The Morgan fingerprint density at radius 3 is 2.43 bits per heavy atom. The number of aliphatic imine (C=N–C) groups is 1. The molecule has 0 unspecified atom stereocenters. The molecule has 0 saturated carbocycles. The fourth-order valence-electron chi connectivity index (χ4n) is 3.24. The molecule has 3 aromatic carbocycles. The summed E-state index contributed by atoms with van der Waals surface area (Å²) in [4.78, 5) is 28.7. The predicted octanol–water partition coefficient (Wildman–Crippen LogP) is 4.96. The van der Waals surface area contributed by atoms with Gasteiger partial charge in [0.15, 0.2) is 23.8 Å². The van der Waals surface area contributed by atoms with Crippen molar-refractivity contribution >= 4 is 29.5 Å². The van der Waals surface area contributed by atoms with Crippen molar-refractivity contribution in [1.29, 1.82) is 0 Å². The highest BCUT2D eigenvalue weighted by Gasteiger charge is 2.31. The van der Waals surface area contributed by atoms with E-state index in [9.17, 15) is 22.8 Å². The van der Waals surface area contributed by atoms with E-state index in [-0.39, 0.29) is 23.0 Å². The number of anilines is 1. The largest absolute Gasteiger partial charge is 0.573 e. The maximum atomic E-state index is 12.3. The lowest BCUT2D eigenvalue weighted by molar-refractivity contribution is -0.274. The molecule has 37 heavy (non-hydrogen) atoms. The van der Waals surface area contributed by atoms with Crippen LogP contribution < -0.4 is 19.5 Å². The molecule has 0 saturated heterocycles. The van der Waals surface area contributed by atoms with Gasteiger partial charge in [-0.1, -0.05) is 24.3 Å². The standard InChI is InChI=1S/C26H19F3N2O6/c1-34-22-14-16(13-20-25(33)36-24(31-20)17-5-3-2-4-6-17)7-12-21(22)35-15-23(32)30-18-8-10-19(11-9-18)37-26(27,28)29/h2-14H,15H2,1H3,(H,30,32)/b20-13+. The Balaban J connectivity index is 1.38. The van der Waals surface area contributed by atoms with Crippen molar-refractivity contribution in [2.24, 2.45) is 4.99 Å². The smallest absolute Gasteiger partial charge is 0.493 e. The van der Waals surface area contributed by atoms with E-state index in [1.54, 1.807) is 42.5 Å². The van der Waals surface area contributed by atoms with Gasteiger partial charge in [-0.3, -0.25) is 4.79 Å². The van der Waals surface area contributed by atoms with E-state index in [4.69, 9.17) is 14.2 Å². The van der Waals surface area contributed by atoms with Crippen LogP contribution in [0.5, 0.6) is 17.2 Å². The topological polar surface area (TPSA) is 95.5 Å². The zero-order valence-electron chi connectivity index (χ0n) is 19.2. The van der Waals surface area contributed by atoms with Gasteiger partial charge >= 0.3 is 12.3 Å². The van der Waals surface area contributed by atoms with Crippen LogP contribution in [0.1, 0.15) is 11.1 Å². The summed E-state index contributed by atoms with van der Waals surface area (Å²) in [6.45, 7) is -0.394. The lowest BCUT2D eigenvalue weighted by Crippen LogP contribution is -2.20. The van der Waals surface area contributed by atoms with Crippen molar-refractivity contribution in [3.8, 4) is 17.2 Å². The molecule has 0 aliphatic carbocycles. The maximum Gasteiger partial charge on any atom is 0.573 e. The highest BCUT2D eigenvalue weighted by Crippen LogP contribution is 2.30. The second kappa shape index (κ2) is 10.9. The van der Waals surface area contributed by atoms with E-state index in [0.29, 0.717) is 16.9 Å². The molecule has 1 aliphatic rings. The lowest BCUT2D eigenvalue weighted by atomic mass is 10.1. The number of nitrogens with one attached hydrogen (secondary N) is 1. The normalized spacial score (nSPS) is 14.1. The summed E-state index contributed by atoms with van der Waals surface area (Å²) < 4.78 is 56.6. The molecule has 11 heteroatoms. The molecule has 0 atom stereocenters. The van der Waals surface area contributed by atoms with Crippen LogP contribution in [0.3, 0.4) is 0 Å². The average Bonchev–Trinajstić information content (AvgIpc) is 3.24. The van der Waals surface area contributed by atoms with Gasteiger partial charge in [0.25, 0.3) is 5.91 Å². The Morgan fingerprint density at radius 1 is 1.03 bits per heavy atom. The number of carbonyl (C=O) groups is 2. The Kier molecular flexibility index (Phi) is 7.42. The number of benzene rings is 3. The first kappa shape index (κ1) is 25.3. The highest BCUT2D eigenvalue weighted by molar-refractivity contribution is 6.12. The number of carbonyl (C=O) groups excluding carboxylic acids is 2. The van der Waals surface area contributed by atoms with Crippen molar-refractivity contribution in [3.05, 3.63) is 89.6 Å². The molecule has 0 aromatic heterocycles. The van der Waals surface area contributed by atoms with Crippen molar-refractivity contribution in [3.63, 3.8) is 0 Å². The average molecular weight is 512 g/mol. The van der Waals surface area contributed by atoms with Gasteiger partial charge in [0, 0.05) is 11.3 Å². The summed E-state index contributed by atoms with van der Waals surface area (Å²) in [6, 6.07) is 18.5. The van der Waals surface area contributed by atoms with Crippen molar-refractivity contribution in [2.45, 2.75) is 6.36 Å². The van der Waals surface area contributed by atoms with Crippen LogP contribution >= 0.6 is 0 Å². The number of rotatable bonds is 8. The SMILES string of the molecule is COc1cc(/C=C2/N=C(c3ccccc3)OC2=O)ccc1OCC(=O)Nc1ccc(OC(F)(F)F)cc1. The van der Waals surface area contributed by atoms with Crippen LogP contribution in [0.4, 0.5) is 18.9 Å². The van der Waals surface area contributed by atoms with Gasteiger partial charge in [-0.05, 0) is 60.2 Å². The van der Waals surface area contributed by atoms with Gasteiger partial charge in [0.1, 0.15) is 5.75 Å². The summed E-state index contributed by atoms with van der Waals surface area (Å²) in [7, 11) is 1.42. The number of methoxy groups -OCH3 is 1. The molecule has 3 aromatic rings. The highest BCUT2D eigenvalue weighted by atomic mass is 19.4. The Morgan fingerprint density at radius 2 is 1.76 bits per heavy atom. The van der Waals surface area contributed by atoms with Crippen LogP contribution in [0.2, 0.25) is 0 Å². The molecule has 190 valence electrons. The molecule has 0 bridgehead atoms. The third kappa shape index (κ3) is 6.88. The number of esters is 1. The Hall–Kier alpha value is -4.80. The first-order valence-corrected chi connectivity index (χ1v) is 10.7. The van der Waals surface area contributed by atoms with E-state index in [0.717, 1.165) is 12.1 Å². The Bertz CT molecular complexity index is 1350. The van der Waals surface area contributed by atoms with Gasteiger partial charge in [-0.25, -0.2) is 9.79 Å². The van der Waals surface area contributed by atoms with E-state index >= 15 is 0 Å². The molecule has 0 radical (unpaired) electrons. The number of hydrogen-bond donors (Lipinski definition) is 1. The van der Waals surface area contributed by atoms with Gasteiger partial charge < -0.3 is 24.3 Å². The van der Waals surface area contributed by atoms with Gasteiger partial charge in [-0.2, -0.15) is 0 Å². The van der Waals surface area contributed by atoms with Crippen LogP contribution in [0.15, 0.2) is 83.5 Å². The first-order chi connectivity index (χ1) is 17.7. The summed E-state index contributed by atoms with van der Waals surface area (Å²) in [5.74, 6) is -0.778. The zero-order chi connectivity index (χ0) is 26.4. The molecule has 8 nitrogen and oxygen atoms in total. The minimum absolute atomic E-state index is 0.112. The second-order valence-corrected chi connectivity index (χ2v) is 7.52. The second-order valence-electron chi connectivity index (χ2n) is 7.52. The van der Waals surface area contributed by atoms with Crippen molar-refractivity contribution < 1.29 is 41.7 Å². The predicted molar refractivity (Wildman–Crippen MR) is 127 cm³/mol. The molecular formula is C26H19F3N2O6. The number of ether oxygens (including phenoxy) is 4. The summed E-state index contributed by atoms with van der Waals surface area (Å²) in [5.41, 5.74) is 1.63. The quantitative estimate of drug-likeness (QED) is 0.339. The van der Waals surface area contributed by atoms with E-state index in [1.165, 1.54) is 25.3 Å². The monoisotopic (exact) mass is 512 g/mol. The summed E-state index contributed by atoms with van der Waals surface area (Å²) in [6.07, 6.45) is -3.27. The minimum Gasteiger partial charge on any atom is -0.493 e. The van der Waals surface area contributed by atoms with E-state index in [2.05, 4.69) is 15.0 Å². The van der Waals surface area contributed by atoms with Crippen LogP contribution in [-0.2, 0) is 14.3 Å². The van der Waals surface area contributed by atoms with Gasteiger partial charge in [0.05, 0.1) is 7.11 Å². The summed E-state index contributed by atoms with van der Waals surface area (Å²) in [5, 5.41) is 2.50. The van der Waals surface area contributed by atoms with Crippen molar-refractivity contribution in [1.82, 2.24) is 0 Å². The van der Waals surface area contributed by atoms with Crippen LogP contribution in [0.25, 0.3) is 6.08 Å². The third-order valence-electron chi connectivity index (χ3n) is 4.86. The molecule has 1 heterocycles. The zero-order valence-corrected chi connectivity index (χ0v) is 19.2. The number of cyclic esters (lactones) is 1. The molecular weight excluding hydrogens is 493 g/mol. The number of halogens is 3. The molecule has 1 aliphatic heterocycles. The van der Waals surface area contributed by atoms with Gasteiger partial charge in [-0.15, -0.1) is 13.2 Å². The van der Waals surface area contributed by atoms with Gasteiger partial charge in [0.2, 0.25) is 5.90 Å². The first-order valence-electron chi connectivity index (χ1n) is 10.7. The Labute approximate surface area is 208 Å². The fourth-order valence-corrected chi connectivity index (χ4v) is 3.24. The molecule has 4 rings (SSSR count). The fraction of sp³-hybridized carbons (Fsp3) is 0.115. The number of nitrogens with zero attached hydrogens (tertiary/aromatic N) is 1. The van der Waals surface area contributed by atoms with Crippen LogP contribution in [-0.4, -0.2) is 37.9 Å². The minimum atomic E-state index is -4.80. The summed E-state index contributed by atoms with van der Waals surface area (Å²) >= 11 is 0. The third-order valence-corrected chi connectivity index (χ3v) is 4.86. The van der Waals surface area contributed by atoms with Crippen molar-refractivity contribution in [2.75, 3.05) is 19.0 Å². The molecule has 0 fully saturated rings. The molecule has 1 amide bonds. The lowest BCUT2D eigenvalue weighted by Gasteiger charge is -2.12. The number of amides is 1. The molecule has 0 spiro atoms.